The van der Waals surface area contributed by atoms with Crippen LogP contribution in [0.2, 0.25) is 5.02 Å². The van der Waals surface area contributed by atoms with E-state index < -0.39 is 48.3 Å². The molecule has 2 saturated heterocycles. The van der Waals surface area contributed by atoms with E-state index in [1.165, 1.54) is 17.9 Å². The maximum atomic E-state index is 17.1. The number of aromatic nitrogens is 2. The van der Waals surface area contributed by atoms with Gasteiger partial charge < -0.3 is 25.2 Å². The first-order valence-electron chi connectivity index (χ1n) is 15.4. The summed E-state index contributed by atoms with van der Waals surface area (Å²) in [4.78, 5) is 12.4. The zero-order valence-corrected chi connectivity index (χ0v) is 27.2. The summed E-state index contributed by atoms with van der Waals surface area (Å²) in [6, 6.07) is 3.13. The van der Waals surface area contributed by atoms with Gasteiger partial charge in [-0.25, -0.2) is 22.0 Å². The summed E-state index contributed by atoms with van der Waals surface area (Å²) in [6.45, 7) is 1.89. The van der Waals surface area contributed by atoms with Crippen LogP contribution in [-0.2, 0) is 0 Å². The average molecular weight is 709 g/mol. The third kappa shape index (κ3) is 5.24. The van der Waals surface area contributed by atoms with Crippen LogP contribution in [-0.4, -0.2) is 83.1 Å². The van der Waals surface area contributed by atoms with Crippen LogP contribution in [0.4, 0.5) is 32.8 Å². The molecule has 3 N–H and O–H groups in total. The van der Waals surface area contributed by atoms with E-state index in [0.717, 1.165) is 23.8 Å². The molecule has 2 aromatic carbocycles. The Morgan fingerprint density at radius 2 is 2.08 bits per heavy atom. The summed E-state index contributed by atoms with van der Waals surface area (Å²) in [6.07, 6.45) is -3.69. The molecule has 0 unspecified atom stereocenters. The van der Waals surface area contributed by atoms with Crippen molar-refractivity contribution in [3.8, 4) is 29.0 Å². The number of alkyl halides is 3. The number of nitrogen functional groups attached to an aromatic ring is 1. The maximum Gasteiger partial charge on any atom is 0.319 e. The molecule has 7 rings (SSSR count). The number of halogens is 6. The van der Waals surface area contributed by atoms with Crippen LogP contribution in [0, 0.1) is 23.0 Å². The molecule has 4 aromatic rings. The first-order valence-corrected chi connectivity index (χ1v) is 16.6. The number of ether oxygens (including phenoxy) is 2. The Hall–Kier alpha value is -3.71. The first kappa shape index (κ1) is 32.8. The van der Waals surface area contributed by atoms with Gasteiger partial charge in [-0.05, 0) is 37.9 Å². The average Bonchev–Trinajstić information content (AvgIpc) is 3.64. The molecule has 0 aliphatic carbocycles. The largest absolute Gasteiger partial charge is 0.489 e. The molecule has 2 fully saturated rings. The molecular weight excluding hydrogens is 679 g/mol. The Morgan fingerprint density at radius 1 is 1.29 bits per heavy atom. The molecule has 0 bridgehead atoms. The van der Waals surface area contributed by atoms with Crippen LogP contribution in [0.5, 0.6) is 11.8 Å². The second kappa shape index (κ2) is 12.3. The second-order valence-corrected chi connectivity index (χ2v) is 13.9. The van der Waals surface area contributed by atoms with E-state index in [-0.39, 0.29) is 98.0 Å². The van der Waals surface area contributed by atoms with Crippen molar-refractivity contribution in [2.24, 2.45) is 0 Å². The van der Waals surface area contributed by atoms with Crippen molar-refractivity contribution >= 4 is 54.7 Å². The number of aliphatic hydroxyl groups is 1. The fourth-order valence-electron chi connectivity index (χ4n) is 7.36. The summed E-state index contributed by atoms with van der Waals surface area (Å²) >= 11 is 7.75. The predicted molar refractivity (Wildman–Crippen MR) is 172 cm³/mol. The highest BCUT2D eigenvalue weighted by Crippen LogP contribution is 2.51. The number of anilines is 2. The molecule has 0 spiro atoms. The lowest BCUT2D eigenvalue weighted by molar-refractivity contribution is 0.107. The van der Waals surface area contributed by atoms with Crippen LogP contribution in [0.25, 0.3) is 32.1 Å². The zero-order chi connectivity index (χ0) is 34.1. The van der Waals surface area contributed by atoms with Gasteiger partial charge in [0.25, 0.3) is 0 Å². The number of nitriles is 1. The molecule has 4 atom stereocenters. The maximum absolute atomic E-state index is 17.1. The predicted octanol–water partition coefficient (Wildman–Crippen LogP) is 6.46. The van der Waals surface area contributed by atoms with Crippen molar-refractivity contribution in [2.45, 2.75) is 62.9 Å². The third-order valence-corrected chi connectivity index (χ3v) is 11.0. The highest BCUT2D eigenvalue weighted by molar-refractivity contribution is 7.23. The van der Waals surface area contributed by atoms with E-state index in [1.54, 1.807) is 0 Å². The van der Waals surface area contributed by atoms with Gasteiger partial charge >= 0.3 is 6.01 Å². The number of thiophene rings is 1. The SMILES string of the molecule is C[C@@H](O)[C@H]1COc2c(Cl)c(-c3ccc(F)c4sc(N)c(C#N)c34)c(F)c3nc(OC[C@@]45CCCN4C[C@H](F)C5)nc(c23)N1CCC(F)F. The van der Waals surface area contributed by atoms with Gasteiger partial charge in [0, 0.05) is 36.9 Å². The number of rotatable bonds is 8. The molecule has 2 aromatic heterocycles. The zero-order valence-electron chi connectivity index (χ0n) is 25.6. The lowest BCUT2D eigenvalue weighted by Crippen LogP contribution is -2.47. The smallest absolute Gasteiger partial charge is 0.319 e. The van der Waals surface area contributed by atoms with Gasteiger partial charge in [-0.3, -0.25) is 4.90 Å². The van der Waals surface area contributed by atoms with Gasteiger partial charge in [0.15, 0.2) is 11.6 Å². The molecule has 0 radical (unpaired) electrons. The van der Waals surface area contributed by atoms with E-state index in [4.69, 9.17) is 26.8 Å². The topological polar surface area (TPSA) is 121 Å². The number of hydrogen-bond acceptors (Lipinski definition) is 10. The molecule has 3 aliphatic heterocycles. The normalized spacial score (nSPS) is 23.0. The summed E-state index contributed by atoms with van der Waals surface area (Å²) in [7, 11) is 0. The van der Waals surface area contributed by atoms with E-state index >= 15 is 4.39 Å². The van der Waals surface area contributed by atoms with E-state index in [9.17, 15) is 27.9 Å². The first-order chi connectivity index (χ1) is 22.9. The molecule has 3 aliphatic rings. The lowest BCUT2D eigenvalue weighted by Gasteiger charge is -2.33. The van der Waals surface area contributed by atoms with Crippen molar-refractivity contribution in [2.75, 3.05) is 43.5 Å². The molecule has 254 valence electrons. The van der Waals surface area contributed by atoms with Gasteiger partial charge in [-0.1, -0.05) is 17.7 Å². The van der Waals surface area contributed by atoms with Gasteiger partial charge in [-0.15, -0.1) is 11.3 Å². The van der Waals surface area contributed by atoms with Crippen LogP contribution in [0.15, 0.2) is 12.1 Å². The quantitative estimate of drug-likeness (QED) is 0.199. The third-order valence-electron chi connectivity index (χ3n) is 9.59. The fraction of sp³-hybridized carbons (Fsp3) is 0.469. The number of aliphatic hydroxyl groups excluding tert-OH is 1. The second-order valence-electron chi connectivity index (χ2n) is 12.5. The number of nitrogens with two attached hydrogens (primary N) is 1. The van der Waals surface area contributed by atoms with Crippen LogP contribution in [0.1, 0.15) is 38.2 Å². The van der Waals surface area contributed by atoms with Crippen molar-refractivity contribution in [1.82, 2.24) is 14.9 Å². The highest BCUT2D eigenvalue weighted by Gasteiger charge is 2.49. The van der Waals surface area contributed by atoms with Gasteiger partial charge in [0.1, 0.15) is 47.6 Å². The fourth-order valence-corrected chi connectivity index (χ4v) is 8.64. The minimum absolute atomic E-state index is 0.00104. The lowest BCUT2D eigenvalue weighted by atomic mass is 9.95. The molecule has 0 amide bonds. The van der Waals surface area contributed by atoms with Crippen molar-refractivity contribution < 1.29 is 36.5 Å². The molecule has 0 saturated carbocycles. The van der Waals surface area contributed by atoms with Crippen molar-refractivity contribution in [3.05, 3.63) is 34.4 Å². The summed E-state index contributed by atoms with van der Waals surface area (Å²) in [5, 5.41) is 20.4. The number of hydrogen-bond donors (Lipinski definition) is 2. The Kier molecular flexibility index (Phi) is 8.42. The summed E-state index contributed by atoms with van der Waals surface area (Å²) in [5.74, 6) is -1.80. The summed E-state index contributed by atoms with van der Waals surface area (Å²) < 4.78 is 85.9. The molecule has 16 heteroatoms. The van der Waals surface area contributed by atoms with E-state index in [0.29, 0.717) is 13.0 Å². The Balaban J connectivity index is 1.47. The van der Waals surface area contributed by atoms with Crippen molar-refractivity contribution in [3.63, 3.8) is 0 Å². The Bertz CT molecular complexity index is 1970. The van der Waals surface area contributed by atoms with Gasteiger partial charge in [0.2, 0.25) is 6.43 Å². The minimum atomic E-state index is -2.70. The van der Waals surface area contributed by atoms with Crippen LogP contribution >= 0.6 is 22.9 Å². The van der Waals surface area contributed by atoms with E-state index in [2.05, 4.69) is 9.97 Å². The number of fused-ring (bicyclic) bond motifs is 2. The highest BCUT2D eigenvalue weighted by atomic mass is 35.5. The number of nitrogens with zero attached hydrogens (tertiary/aromatic N) is 5. The molecular formula is C32H30ClF5N6O3S. The summed E-state index contributed by atoms with van der Waals surface area (Å²) in [5.41, 5.74) is 4.82. The minimum Gasteiger partial charge on any atom is -0.489 e. The van der Waals surface area contributed by atoms with Crippen molar-refractivity contribution in [1.29, 1.82) is 5.26 Å². The Labute approximate surface area is 280 Å². The van der Waals surface area contributed by atoms with Gasteiger partial charge in [0.05, 0.1) is 38.4 Å². The van der Waals surface area contributed by atoms with E-state index in [1.807, 2.05) is 11.0 Å². The van der Waals surface area contributed by atoms with Crippen LogP contribution in [0.3, 0.4) is 0 Å². The van der Waals surface area contributed by atoms with Gasteiger partial charge in [-0.2, -0.15) is 15.2 Å². The monoisotopic (exact) mass is 708 g/mol. The number of benzene rings is 2. The molecule has 5 heterocycles. The standard InChI is InChI=1S/C32H30ClF5N6O3S/c1-14(45)19-12-46-27-23-26(25(38)22(24(27)33)16-3-4-18(35)28-21(16)17(10-39)29(40)48-28)41-31(42-30(23)44(19)8-5-20(36)37)47-13-32-6-2-7-43(32)11-15(34)9-32/h3-4,14-15,19-20,45H,2,5-9,11-13,40H2,1H3/t14-,15-,19-,32+/m1/s1. The Morgan fingerprint density at radius 3 is 2.81 bits per heavy atom. The molecule has 9 nitrogen and oxygen atoms in total. The molecule has 48 heavy (non-hydrogen) atoms. The van der Waals surface area contributed by atoms with Crippen LogP contribution < -0.4 is 20.1 Å².